The minimum Gasteiger partial charge on any atom is -0.447 e. The number of carbonyl (C=O) groups is 1. The van der Waals surface area contributed by atoms with Gasteiger partial charge in [0.05, 0.1) is 17.5 Å². The van der Waals surface area contributed by atoms with Crippen LogP contribution >= 0.6 is 0 Å². The fraction of sp³-hybridized carbons (Fsp3) is 0.400. The highest BCUT2D eigenvalue weighted by molar-refractivity contribution is 5.78. The monoisotopic (exact) mass is 378 g/mol. The Labute approximate surface area is 162 Å². The highest BCUT2D eigenvalue weighted by Gasteiger charge is 2.42. The lowest BCUT2D eigenvalue weighted by Gasteiger charge is -2.37. The Hall–Kier alpha value is -3.16. The van der Waals surface area contributed by atoms with Crippen molar-refractivity contribution in [2.24, 2.45) is 7.05 Å². The number of pyridine rings is 1. The highest BCUT2D eigenvalue weighted by atomic mass is 16.6. The Bertz CT molecular complexity index is 1040. The molecule has 0 atom stereocenters. The van der Waals surface area contributed by atoms with Crippen LogP contribution in [0.4, 0.5) is 10.7 Å². The summed E-state index contributed by atoms with van der Waals surface area (Å²) in [7, 11) is 2.00. The summed E-state index contributed by atoms with van der Waals surface area (Å²) < 4.78 is 7.14. The smallest absolute Gasteiger partial charge is 0.407 e. The number of carbonyl (C=O) groups excluding carboxylic acids is 1. The van der Waals surface area contributed by atoms with Gasteiger partial charge >= 0.3 is 6.09 Å². The summed E-state index contributed by atoms with van der Waals surface area (Å²) in [5, 5.41) is 12.9. The first-order valence-electron chi connectivity index (χ1n) is 9.55. The summed E-state index contributed by atoms with van der Waals surface area (Å²) in [6.45, 7) is 2.07. The number of para-hydroxylation sites is 1. The molecule has 1 amide bonds. The third-order valence-corrected chi connectivity index (χ3v) is 5.79. The number of benzene rings is 1. The molecule has 4 heterocycles. The van der Waals surface area contributed by atoms with Gasteiger partial charge in [-0.15, -0.1) is 10.2 Å². The third kappa shape index (κ3) is 2.94. The summed E-state index contributed by atoms with van der Waals surface area (Å²) in [5.74, 6) is 1.74. The molecule has 0 bridgehead atoms. The van der Waals surface area contributed by atoms with Crippen molar-refractivity contribution in [2.75, 3.05) is 24.6 Å². The minimum atomic E-state index is -0.308. The van der Waals surface area contributed by atoms with Gasteiger partial charge in [-0.25, -0.2) is 4.79 Å². The van der Waals surface area contributed by atoms with Crippen LogP contribution in [-0.2, 0) is 18.2 Å². The molecule has 8 nitrogen and oxygen atoms in total. The number of amides is 1. The highest BCUT2D eigenvalue weighted by Crippen LogP contribution is 2.29. The van der Waals surface area contributed by atoms with Crippen molar-refractivity contribution in [1.29, 1.82) is 0 Å². The van der Waals surface area contributed by atoms with Gasteiger partial charge in [0.15, 0.2) is 0 Å². The number of hydrogen-bond acceptors (Lipinski definition) is 6. The molecule has 2 aromatic heterocycles. The predicted molar refractivity (Wildman–Crippen MR) is 104 cm³/mol. The van der Waals surface area contributed by atoms with E-state index in [-0.39, 0.29) is 11.6 Å². The quantitative estimate of drug-likeness (QED) is 0.751. The fourth-order valence-electron chi connectivity index (χ4n) is 4.05. The molecule has 1 aromatic carbocycles. The third-order valence-electron chi connectivity index (χ3n) is 5.79. The number of ether oxygens (including phenoxy) is 1. The summed E-state index contributed by atoms with van der Waals surface area (Å²) in [6.07, 6.45) is 2.01. The second kappa shape index (κ2) is 6.47. The lowest BCUT2D eigenvalue weighted by Crippen LogP contribution is -2.52. The molecule has 28 heavy (non-hydrogen) atoms. The Morgan fingerprint density at radius 3 is 2.75 bits per heavy atom. The number of fused-ring (bicyclic) bond motifs is 1. The van der Waals surface area contributed by atoms with Crippen LogP contribution in [-0.4, -0.2) is 51.1 Å². The Kier molecular flexibility index (Phi) is 3.92. The molecule has 0 aliphatic carbocycles. The van der Waals surface area contributed by atoms with Gasteiger partial charge in [-0.1, -0.05) is 24.3 Å². The zero-order chi connectivity index (χ0) is 19.1. The molecule has 8 heteroatoms. The molecule has 2 aliphatic rings. The maximum atomic E-state index is 11.4. The summed E-state index contributed by atoms with van der Waals surface area (Å²) >= 11 is 0. The van der Waals surface area contributed by atoms with Gasteiger partial charge < -0.3 is 19.5 Å². The molecule has 0 saturated carbocycles. The molecular formula is C20H22N6O2. The van der Waals surface area contributed by atoms with Crippen molar-refractivity contribution in [1.82, 2.24) is 25.1 Å². The first-order chi connectivity index (χ1) is 13.6. The molecule has 0 unspecified atom stereocenters. The molecule has 0 radical (unpaired) electrons. The maximum Gasteiger partial charge on any atom is 0.407 e. The molecule has 3 aromatic rings. The van der Waals surface area contributed by atoms with Gasteiger partial charge in [0.2, 0.25) is 5.95 Å². The van der Waals surface area contributed by atoms with Crippen molar-refractivity contribution in [2.45, 2.75) is 24.8 Å². The number of rotatable bonds is 3. The largest absolute Gasteiger partial charge is 0.447 e. The van der Waals surface area contributed by atoms with Crippen LogP contribution in [0.3, 0.4) is 0 Å². The Morgan fingerprint density at radius 1 is 1.14 bits per heavy atom. The summed E-state index contributed by atoms with van der Waals surface area (Å²) in [5.41, 5.74) is 1.75. The van der Waals surface area contributed by atoms with Crippen LogP contribution in [0.2, 0.25) is 0 Å². The van der Waals surface area contributed by atoms with Gasteiger partial charge in [-0.2, -0.15) is 0 Å². The second-order valence-electron chi connectivity index (χ2n) is 7.62. The van der Waals surface area contributed by atoms with Crippen molar-refractivity contribution < 1.29 is 9.53 Å². The van der Waals surface area contributed by atoms with Crippen molar-refractivity contribution >= 4 is 22.9 Å². The number of cyclic esters (lactones) is 1. The van der Waals surface area contributed by atoms with E-state index in [0.29, 0.717) is 13.0 Å². The second-order valence-corrected chi connectivity index (χ2v) is 7.62. The predicted octanol–water partition coefficient (Wildman–Crippen LogP) is 2.03. The number of piperidine rings is 1. The van der Waals surface area contributed by atoms with E-state index in [1.807, 2.05) is 35.9 Å². The van der Waals surface area contributed by atoms with Crippen LogP contribution < -0.4 is 10.2 Å². The number of alkyl carbamates (subject to hydrolysis) is 1. The molecular weight excluding hydrogens is 356 g/mol. The van der Waals surface area contributed by atoms with Crippen LogP contribution in [0.5, 0.6) is 0 Å². The molecule has 2 aliphatic heterocycles. The van der Waals surface area contributed by atoms with E-state index < -0.39 is 0 Å². The number of hydrogen-bond donors (Lipinski definition) is 1. The maximum absolute atomic E-state index is 11.4. The molecule has 5 rings (SSSR count). The number of aromatic nitrogens is 4. The van der Waals surface area contributed by atoms with Gasteiger partial charge in [0, 0.05) is 31.2 Å². The average Bonchev–Trinajstić information content (AvgIpc) is 3.25. The zero-order valence-electron chi connectivity index (χ0n) is 15.8. The van der Waals surface area contributed by atoms with Crippen LogP contribution in [0.1, 0.15) is 24.4 Å². The number of anilines is 1. The lowest BCUT2D eigenvalue weighted by atomic mass is 9.89. The van der Waals surface area contributed by atoms with Gasteiger partial charge in [0.1, 0.15) is 12.4 Å². The van der Waals surface area contributed by atoms with E-state index in [2.05, 4.69) is 32.5 Å². The van der Waals surface area contributed by atoms with Crippen LogP contribution in [0.15, 0.2) is 36.4 Å². The Balaban J connectivity index is 1.31. The van der Waals surface area contributed by atoms with E-state index in [1.165, 1.54) is 0 Å². The fourth-order valence-corrected chi connectivity index (χ4v) is 4.05. The molecule has 1 spiro atoms. The van der Waals surface area contributed by atoms with E-state index in [9.17, 15) is 4.79 Å². The topological polar surface area (TPSA) is 85.2 Å². The number of nitrogens with zero attached hydrogens (tertiary/aromatic N) is 5. The van der Waals surface area contributed by atoms with Gasteiger partial charge in [-0.3, -0.25) is 4.98 Å². The number of nitrogens with one attached hydrogen (secondary N) is 1. The summed E-state index contributed by atoms with van der Waals surface area (Å²) in [4.78, 5) is 18.4. The van der Waals surface area contributed by atoms with Crippen molar-refractivity contribution in [3.8, 4) is 0 Å². The van der Waals surface area contributed by atoms with Crippen molar-refractivity contribution in [3.05, 3.63) is 47.9 Å². The van der Waals surface area contributed by atoms with E-state index >= 15 is 0 Å². The molecule has 2 fully saturated rings. The lowest BCUT2D eigenvalue weighted by molar-refractivity contribution is 0.168. The molecule has 2 saturated heterocycles. The standard InChI is InChI=1S/C20H22N6O2/c1-25-17(12-15-7-6-14-4-2-3-5-16(14)21-15)23-24-18(25)26-10-8-20(9-11-26)13-28-19(27)22-20/h2-7H,8-13H2,1H3,(H,22,27). The first kappa shape index (κ1) is 17.0. The van der Waals surface area contributed by atoms with E-state index in [4.69, 9.17) is 9.72 Å². The first-order valence-corrected chi connectivity index (χ1v) is 9.55. The van der Waals surface area contributed by atoms with Gasteiger partial charge in [-0.05, 0) is 25.0 Å². The minimum absolute atomic E-state index is 0.218. The van der Waals surface area contributed by atoms with Crippen molar-refractivity contribution in [3.63, 3.8) is 0 Å². The van der Waals surface area contributed by atoms with Crippen LogP contribution in [0.25, 0.3) is 10.9 Å². The average molecular weight is 378 g/mol. The zero-order valence-corrected chi connectivity index (χ0v) is 15.8. The van der Waals surface area contributed by atoms with Gasteiger partial charge in [0.25, 0.3) is 0 Å². The summed E-state index contributed by atoms with van der Waals surface area (Å²) in [6, 6.07) is 12.2. The molecule has 144 valence electrons. The molecule has 1 N–H and O–H groups in total. The normalized spacial score (nSPS) is 18.5. The van der Waals surface area contributed by atoms with Crippen LogP contribution in [0, 0.1) is 0 Å². The van der Waals surface area contributed by atoms with E-state index in [1.54, 1.807) is 0 Å². The SMILES string of the molecule is Cn1c(Cc2ccc3ccccc3n2)nnc1N1CCC2(CC1)COC(=O)N2. The Morgan fingerprint density at radius 2 is 1.96 bits per heavy atom. The van der Waals surface area contributed by atoms with E-state index in [0.717, 1.165) is 54.3 Å².